The van der Waals surface area contributed by atoms with Crippen molar-refractivity contribution in [3.05, 3.63) is 11.9 Å². The fourth-order valence-corrected chi connectivity index (χ4v) is 1.84. The van der Waals surface area contributed by atoms with Crippen molar-refractivity contribution in [3.63, 3.8) is 0 Å². The smallest absolute Gasteiger partial charge is 0.240 e. The van der Waals surface area contributed by atoms with E-state index in [-0.39, 0.29) is 6.04 Å². The van der Waals surface area contributed by atoms with Crippen molar-refractivity contribution in [2.45, 2.75) is 39.2 Å². The van der Waals surface area contributed by atoms with Crippen molar-refractivity contribution in [1.82, 2.24) is 15.3 Å². The van der Waals surface area contributed by atoms with Gasteiger partial charge in [-0.25, -0.2) is 4.98 Å². The zero-order valence-corrected chi connectivity index (χ0v) is 11.7. The molecule has 102 valence electrons. The van der Waals surface area contributed by atoms with Crippen LogP contribution in [0.25, 0.3) is 0 Å². The Bertz CT molecular complexity index is 358. The van der Waals surface area contributed by atoms with Crippen molar-refractivity contribution in [2.24, 2.45) is 0 Å². The van der Waals surface area contributed by atoms with Crippen molar-refractivity contribution >= 4 is 0 Å². The van der Waals surface area contributed by atoms with Crippen LogP contribution in [0, 0.1) is 0 Å². The van der Waals surface area contributed by atoms with Crippen molar-refractivity contribution in [2.75, 3.05) is 20.8 Å². The van der Waals surface area contributed by atoms with Gasteiger partial charge in [0, 0.05) is 0 Å². The maximum absolute atomic E-state index is 5.30. The van der Waals surface area contributed by atoms with Gasteiger partial charge in [0.2, 0.25) is 11.8 Å². The van der Waals surface area contributed by atoms with E-state index in [2.05, 4.69) is 29.1 Å². The summed E-state index contributed by atoms with van der Waals surface area (Å²) >= 11 is 0. The molecule has 5 nitrogen and oxygen atoms in total. The molecule has 0 aliphatic heterocycles. The van der Waals surface area contributed by atoms with Gasteiger partial charge in [-0.3, -0.25) is 0 Å². The van der Waals surface area contributed by atoms with E-state index in [0.29, 0.717) is 11.8 Å². The van der Waals surface area contributed by atoms with Gasteiger partial charge >= 0.3 is 0 Å². The predicted octanol–water partition coefficient (Wildman–Crippen LogP) is 2.33. The SMILES string of the molecule is CCCCC(NCC)c1ncc(OC)nc1OC. The van der Waals surface area contributed by atoms with Crippen LogP contribution in [0.4, 0.5) is 0 Å². The molecule has 0 bridgehead atoms. The topological polar surface area (TPSA) is 56.3 Å². The molecule has 0 saturated carbocycles. The largest absolute Gasteiger partial charge is 0.480 e. The monoisotopic (exact) mass is 253 g/mol. The van der Waals surface area contributed by atoms with Crippen LogP contribution in [-0.2, 0) is 0 Å². The molecule has 1 atom stereocenters. The molecule has 1 heterocycles. The summed E-state index contributed by atoms with van der Waals surface area (Å²) in [5.41, 5.74) is 0.855. The Kier molecular flexibility index (Phi) is 6.43. The van der Waals surface area contributed by atoms with Gasteiger partial charge < -0.3 is 14.8 Å². The molecule has 5 heteroatoms. The standard InChI is InChI=1S/C13H23N3O2/c1-5-7-8-10(14-6-2)12-13(18-4)16-11(17-3)9-15-12/h9-10,14H,5-8H2,1-4H3. The molecule has 1 aromatic rings. The van der Waals surface area contributed by atoms with Crippen LogP contribution in [0.2, 0.25) is 0 Å². The highest BCUT2D eigenvalue weighted by Crippen LogP contribution is 2.26. The van der Waals surface area contributed by atoms with Gasteiger partial charge in [0.05, 0.1) is 26.5 Å². The van der Waals surface area contributed by atoms with Gasteiger partial charge in [0.25, 0.3) is 0 Å². The van der Waals surface area contributed by atoms with E-state index in [0.717, 1.165) is 31.5 Å². The molecule has 0 saturated heterocycles. The molecule has 0 aromatic carbocycles. The quantitative estimate of drug-likeness (QED) is 0.770. The molecule has 0 aliphatic rings. The van der Waals surface area contributed by atoms with Crippen LogP contribution in [0.15, 0.2) is 6.20 Å². The zero-order chi connectivity index (χ0) is 13.4. The fraction of sp³-hybridized carbons (Fsp3) is 0.692. The molecule has 18 heavy (non-hydrogen) atoms. The molecule has 1 unspecified atom stereocenters. The summed E-state index contributed by atoms with van der Waals surface area (Å²) in [6.07, 6.45) is 4.97. The Morgan fingerprint density at radius 3 is 2.61 bits per heavy atom. The van der Waals surface area contributed by atoms with Gasteiger partial charge in [0.1, 0.15) is 5.69 Å². The van der Waals surface area contributed by atoms with Crippen molar-refractivity contribution in [3.8, 4) is 11.8 Å². The second-order valence-electron chi connectivity index (χ2n) is 4.06. The van der Waals surface area contributed by atoms with E-state index in [1.807, 2.05) is 0 Å². The molecule has 0 amide bonds. The Morgan fingerprint density at radius 1 is 1.28 bits per heavy atom. The highest BCUT2D eigenvalue weighted by Gasteiger charge is 2.18. The van der Waals surface area contributed by atoms with E-state index in [4.69, 9.17) is 9.47 Å². The van der Waals surface area contributed by atoms with E-state index in [1.54, 1.807) is 20.4 Å². The number of rotatable bonds is 8. The number of nitrogens with one attached hydrogen (secondary N) is 1. The minimum absolute atomic E-state index is 0.184. The van der Waals surface area contributed by atoms with Gasteiger partial charge in [-0.2, -0.15) is 4.98 Å². The Balaban J connectivity index is 2.94. The van der Waals surface area contributed by atoms with E-state index < -0.39 is 0 Å². The van der Waals surface area contributed by atoms with Crippen LogP contribution >= 0.6 is 0 Å². The molecule has 1 rings (SSSR count). The van der Waals surface area contributed by atoms with Gasteiger partial charge in [-0.1, -0.05) is 26.7 Å². The minimum Gasteiger partial charge on any atom is -0.480 e. The first kappa shape index (κ1) is 14.7. The first-order valence-corrected chi connectivity index (χ1v) is 6.45. The summed E-state index contributed by atoms with van der Waals surface area (Å²) in [4.78, 5) is 8.69. The van der Waals surface area contributed by atoms with Crippen LogP contribution in [-0.4, -0.2) is 30.7 Å². The fourth-order valence-electron chi connectivity index (χ4n) is 1.84. The van der Waals surface area contributed by atoms with E-state index in [1.165, 1.54) is 0 Å². The normalized spacial score (nSPS) is 12.2. The predicted molar refractivity (Wildman–Crippen MR) is 71.1 cm³/mol. The number of hydrogen-bond acceptors (Lipinski definition) is 5. The number of hydrogen-bond donors (Lipinski definition) is 1. The van der Waals surface area contributed by atoms with Crippen LogP contribution in [0.3, 0.4) is 0 Å². The summed E-state index contributed by atoms with van der Waals surface area (Å²) < 4.78 is 10.4. The Hall–Kier alpha value is -1.36. The first-order valence-electron chi connectivity index (χ1n) is 6.45. The summed E-state index contributed by atoms with van der Waals surface area (Å²) in [6, 6.07) is 0.184. The van der Waals surface area contributed by atoms with Crippen LogP contribution in [0.5, 0.6) is 11.8 Å². The third-order valence-electron chi connectivity index (χ3n) is 2.77. The van der Waals surface area contributed by atoms with Crippen molar-refractivity contribution < 1.29 is 9.47 Å². The molecular formula is C13H23N3O2. The third-order valence-corrected chi connectivity index (χ3v) is 2.77. The van der Waals surface area contributed by atoms with Crippen LogP contribution < -0.4 is 14.8 Å². The van der Waals surface area contributed by atoms with Crippen LogP contribution in [0.1, 0.15) is 44.8 Å². The lowest BCUT2D eigenvalue weighted by Crippen LogP contribution is -2.23. The zero-order valence-electron chi connectivity index (χ0n) is 11.7. The van der Waals surface area contributed by atoms with Gasteiger partial charge in [0.15, 0.2) is 0 Å². The van der Waals surface area contributed by atoms with E-state index >= 15 is 0 Å². The molecule has 0 spiro atoms. The maximum atomic E-state index is 5.30. The highest BCUT2D eigenvalue weighted by molar-refractivity contribution is 5.25. The summed E-state index contributed by atoms with van der Waals surface area (Å²) in [5, 5.41) is 3.42. The van der Waals surface area contributed by atoms with E-state index in [9.17, 15) is 0 Å². The Morgan fingerprint density at radius 2 is 2.06 bits per heavy atom. The average molecular weight is 253 g/mol. The summed E-state index contributed by atoms with van der Waals surface area (Å²) in [6.45, 7) is 5.16. The van der Waals surface area contributed by atoms with Crippen molar-refractivity contribution in [1.29, 1.82) is 0 Å². The molecule has 0 radical (unpaired) electrons. The number of unbranched alkanes of at least 4 members (excludes halogenated alkanes) is 1. The lowest BCUT2D eigenvalue weighted by Gasteiger charge is -2.19. The molecule has 1 aromatic heterocycles. The van der Waals surface area contributed by atoms with Gasteiger partial charge in [-0.15, -0.1) is 0 Å². The minimum atomic E-state index is 0.184. The molecule has 0 fully saturated rings. The summed E-state index contributed by atoms with van der Waals surface area (Å²) in [5.74, 6) is 1.01. The number of ether oxygens (including phenoxy) is 2. The number of methoxy groups -OCH3 is 2. The van der Waals surface area contributed by atoms with Gasteiger partial charge in [-0.05, 0) is 13.0 Å². The highest BCUT2D eigenvalue weighted by atomic mass is 16.5. The number of nitrogens with zero attached hydrogens (tertiary/aromatic N) is 2. The second kappa shape index (κ2) is 7.87. The third kappa shape index (κ3) is 3.84. The average Bonchev–Trinajstić information content (AvgIpc) is 2.42. The first-order chi connectivity index (χ1) is 8.76. The lowest BCUT2D eigenvalue weighted by atomic mass is 10.1. The molecule has 0 aliphatic carbocycles. The lowest BCUT2D eigenvalue weighted by molar-refractivity contribution is 0.346. The Labute approximate surface area is 109 Å². The maximum Gasteiger partial charge on any atom is 0.240 e. The molecular weight excluding hydrogens is 230 g/mol. The second-order valence-corrected chi connectivity index (χ2v) is 4.06. The molecule has 1 N–H and O–H groups in total. The summed E-state index contributed by atoms with van der Waals surface area (Å²) in [7, 11) is 3.18. The number of aromatic nitrogens is 2.